The van der Waals surface area contributed by atoms with Crippen LogP contribution in [-0.2, 0) is 17.1 Å². The highest BCUT2D eigenvalue weighted by Gasteiger charge is 2.19. The molecule has 0 saturated heterocycles. The molecule has 3 aromatic rings. The SMILES string of the molecule is CCCCc1ccc2c(ccc3ccccc32)c1CP(=O)(O)O. The summed E-state index contributed by atoms with van der Waals surface area (Å²) in [4.78, 5) is 19.0. The van der Waals surface area contributed by atoms with Crippen molar-refractivity contribution < 1.29 is 14.4 Å². The van der Waals surface area contributed by atoms with Crippen LogP contribution in [0.3, 0.4) is 0 Å². The monoisotopic (exact) mass is 328 g/mol. The van der Waals surface area contributed by atoms with Crippen LogP contribution in [-0.4, -0.2) is 9.79 Å². The summed E-state index contributed by atoms with van der Waals surface area (Å²) in [7, 11) is -4.11. The molecule has 0 bridgehead atoms. The van der Waals surface area contributed by atoms with Gasteiger partial charge in [0.1, 0.15) is 0 Å². The molecular formula is C19H21O3P. The molecule has 3 nitrogen and oxygen atoms in total. The van der Waals surface area contributed by atoms with Crippen LogP contribution in [0.5, 0.6) is 0 Å². The standard InChI is InChI=1S/C19H21O3P/c1-2-3-6-15-10-11-17-16-8-5-4-7-14(16)9-12-18(17)19(15)13-23(20,21)22/h4-5,7-12H,2-3,6,13H2,1H3,(H2,20,21,22). The van der Waals surface area contributed by atoms with Gasteiger partial charge in [0.25, 0.3) is 0 Å². The van der Waals surface area contributed by atoms with Gasteiger partial charge in [-0.3, -0.25) is 4.57 Å². The minimum atomic E-state index is -4.11. The first-order chi connectivity index (χ1) is 11.0. The lowest BCUT2D eigenvalue weighted by Crippen LogP contribution is -1.98. The number of benzene rings is 3. The van der Waals surface area contributed by atoms with E-state index >= 15 is 0 Å². The number of aryl methyl sites for hydroxylation is 1. The maximum Gasteiger partial charge on any atom is 0.329 e. The van der Waals surface area contributed by atoms with E-state index in [1.54, 1.807) is 0 Å². The average molecular weight is 328 g/mol. The van der Waals surface area contributed by atoms with Crippen LogP contribution in [0.4, 0.5) is 0 Å². The minimum Gasteiger partial charge on any atom is -0.324 e. The number of hydrogen-bond acceptors (Lipinski definition) is 1. The zero-order valence-corrected chi connectivity index (χ0v) is 14.1. The molecule has 0 atom stereocenters. The fourth-order valence-corrected chi connectivity index (χ4v) is 3.98. The average Bonchev–Trinajstić information content (AvgIpc) is 2.52. The van der Waals surface area contributed by atoms with Gasteiger partial charge in [0, 0.05) is 0 Å². The van der Waals surface area contributed by atoms with Gasteiger partial charge in [-0.15, -0.1) is 0 Å². The number of rotatable bonds is 5. The van der Waals surface area contributed by atoms with E-state index in [1.165, 1.54) is 0 Å². The van der Waals surface area contributed by atoms with E-state index in [2.05, 4.69) is 25.1 Å². The van der Waals surface area contributed by atoms with E-state index in [9.17, 15) is 14.4 Å². The van der Waals surface area contributed by atoms with Gasteiger partial charge in [0.05, 0.1) is 6.16 Å². The fourth-order valence-electron chi connectivity index (χ4n) is 3.19. The first kappa shape index (κ1) is 16.2. The van der Waals surface area contributed by atoms with Crippen molar-refractivity contribution in [1.29, 1.82) is 0 Å². The topological polar surface area (TPSA) is 57.5 Å². The Hall–Kier alpha value is -1.67. The zero-order chi connectivity index (χ0) is 16.4. The molecule has 0 aliphatic carbocycles. The van der Waals surface area contributed by atoms with Crippen LogP contribution >= 0.6 is 7.60 Å². The second-order valence-electron chi connectivity index (χ2n) is 6.01. The number of fused-ring (bicyclic) bond motifs is 3. The molecule has 0 heterocycles. The van der Waals surface area contributed by atoms with Crippen LogP contribution in [0, 0.1) is 0 Å². The third-order valence-electron chi connectivity index (χ3n) is 4.30. The van der Waals surface area contributed by atoms with Crippen molar-refractivity contribution in [2.45, 2.75) is 32.3 Å². The molecule has 3 rings (SSSR count). The van der Waals surface area contributed by atoms with Gasteiger partial charge in [0.2, 0.25) is 0 Å². The van der Waals surface area contributed by atoms with E-state index in [1.807, 2.05) is 30.3 Å². The highest BCUT2D eigenvalue weighted by atomic mass is 31.2. The molecule has 0 fully saturated rings. The molecule has 0 aliphatic heterocycles. The third-order valence-corrected chi connectivity index (χ3v) is 5.03. The van der Waals surface area contributed by atoms with Gasteiger partial charge >= 0.3 is 7.60 Å². The lowest BCUT2D eigenvalue weighted by atomic mass is 9.93. The molecule has 0 unspecified atom stereocenters. The smallest absolute Gasteiger partial charge is 0.324 e. The molecule has 0 aromatic heterocycles. The van der Waals surface area contributed by atoms with Crippen molar-refractivity contribution in [2.24, 2.45) is 0 Å². The van der Waals surface area contributed by atoms with Crippen molar-refractivity contribution in [1.82, 2.24) is 0 Å². The van der Waals surface area contributed by atoms with Crippen LogP contribution < -0.4 is 0 Å². The minimum absolute atomic E-state index is 0.193. The summed E-state index contributed by atoms with van der Waals surface area (Å²) in [6.45, 7) is 2.12. The van der Waals surface area contributed by atoms with E-state index < -0.39 is 7.60 Å². The molecule has 4 heteroatoms. The zero-order valence-electron chi connectivity index (χ0n) is 13.2. The van der Waals surface area contributed by atoms with Crippen LogP contribution in [0.15, 0.2) is 48.5 Å². The quantitative estimate of drug-likeness (QED) is 0.511. The Kier molecular flexibility index (Phi) is 4.54. The maximum absolute atomic E-state index is 11.6. The normalized spacial score (nSPS) is 12.1. The molecule has 120 valence electrons. The summed E-state index contributed by atoms with van der Waals surface area (Å²) in [5.41, 5.74) is 1.85. The second-order valence-corrected chi connectivity index (χ2v) is 7.66. The lowest BCUT2D eigenvalue weighted by Gasteiger charge is -2.15. The number of unbranched alkanes of at least 4 members (excludes halogenated alkanes) is 1. The predicted molar refractivity (Wildman–Crippen MR) is 95.8 cm³/mol. The van der Waals surface area contributed by atoms with Gasteiger partial charge < -0.3 is 9.79 Å². The number of hydrogen-bond donors (Lipinski definition) is 2. The van der Waals surface area contributed by atoms with Crippen molar-refractivity contribution in [3.05, 3.63) is 59.7 Å². The Labute approximate surface area is 136 Å². The van der Waals surface area contributed by atoms with Crippen molar-refractivity contribution >= 4 is 29.1 Å². The van der Waals surface area contributed by atoms with E-state index in [0.717, 1.165) is 51.9 Å². The Morgan fingerprint density at radius 1 is 0.913 bits per heavy atom. The Morgan fingerprint density at radius 3 is 2.39 bits per heavy atom. The largest absolute Gasteiger partial charge is 0.329 e. The summed E-state index contributed by atoms with van der Waals surface area (Å²) in [5, 5.41) is 4.29. The summed E-state index contributed by atoms with van der Waals surface area (Å²) >= 11 is 0. The molecule has 0 aliphatic rings. The van der Waals surface area contributed by atoms with Gasteiger partial charge in [-0.2, -0.15) is 0 Å². The molecular weight excluding hydrogens is 307 g/mol. The highest BCUT2D eigenvalue weighted by Crippen LogP contribution is 2.43. The fraction of sp³-hybridized carbons (Fsp3) is 0.263. The highest BCUT2D eigenvalue weighted by molar-refractivity contribution is 7.50. The molecule has 0 saturated carbocycles. The molecule has 0 radical (unpaired) electrons. The third kappa shape index (κ3) is 3.48. The van der Waals surface area contributed by atoms with Crippen molar-refractivity contribution in [2.75, 3.05) is 0 Å². The summed E-state index contributed by atoms with van der Waals surface area (Å²) < 4.78 is 11.6. The molecule has 2 N–H and O–H groups in total. The summed E-state index contributed by atoms with van der Waals surface area (Å²) in [6.07, 6.45) is 2.74. The van der Waals surface area contributed by atoms with Crippen LogP contribution in [0.1, 0.15) is 30.9 Å². The molecule has 0 amide bonds. The van der Waals surface area contributed by atoms with Crippen LogP contribution in [0.25, 0.3) is 21.5 Å². The maximum atomic E-state index is 11.6. The van der Waals surface area contributed by atoms with Crippen molar-refractivity contribution in [3.63, 3.8) is 0 Å². The molecule has 0 spiro atoms. The predicted octanol–water partition coefficient (Wildman–Crippen LogP) is 5.01. The van der Waals surface area contributed by atoms with E-state index in [-0.39, 0.29) is 6.16 Å². The first-order valence-corrected chi connectivity index (χ1v) is 9.76. The van der Waals surface area contributed by atoms with E-state index in [0.29, 0.717) is 0 Å². The molecule has 3 aromatic carbocycles. The Morgan fingerprint density at radius 2 is 1.65 bits per heavy atom. The first-order valence-electron chi connectivity index (χ1n) is 7.96. The summed E-state index contributed by atoms with van der Waals surface area (Å²) in [6, 6.07) is 16.3. The Balaban J connectivity index is 2.27. The van der Waals surface area contributed by atoms with Gasteiger partial charge in [-0.25, -0.2) is 0 Å². The van der Waals surface area contributed by atoms with Crippen LogP contribution in [0.2, 0.25) is 0 Å². The lowest BCUT2D eigenvalue weighted by molar-refractivity contribution is 0.371. The van der Waals surface area contributed by atoms with E-state index in [4.69, 9.17) is 0 Å². The van der Waals surface area contributed by atoms with Gasteiger partial charge in [-0.05, 0) is 45.5 Å². The summed E-state index contributed by atoms with van der Waals surface area (Å²) in [5.74, 6) is 0. The van der Waals surface area contributed by atoms with Gasteiger partial charge in [0.15, 0.2) is 0 Å². The molecule has 23 heavy (non-hydrogen) atoms. The van der Waals surface area contributed by atoms with Crippen molar-refractivity contribution in [3.8, 4) is 0 Å². The Bertz CT molecular complexity index is 896. The second kappa shape index (κ2) is 6.45. The van der Waals surface area contributed by atoms with Gasteiger partial charge in [-0.1, -0.05) is 61.9 Å².